The van der Waals surface area contributed by atoms with Gasteiger partial charge in [-0.25, -0.2) is 4.98 Å². The van der Waals surface area contributed by atoms with Crippen LogP contribution in [0.4, 0.5) is 5.69 Å². The van der Waals surface area contributed by atoms with E-state index in [0.717, 1.165) is 33.6 Å². The second kappa shape index (κ2) is 8.71. The largest absolute Gasteiger partial charge is 0.431 e. The quantitative estimate of drug-likeness (QED) is 0.329. The molecule has 0 saturated carbocycles. The fraction of sp³-hybridized carbons (Fsp3) is 0.0435. The molecule has 0 aliphatic rings. The molecule has 0 saturated heterocycles. The Hall–Kier alpha value is -3.49. The van der Waals surface area contributed by atoms with Gasteiger partial charge in [0, 0.05) is 27.9 Å². The first-order valence-electron chi connectivity index (χ1n) is 9.51. The maximum Gasteiger partial charge on any atom is 0.257 e. The molecule has 0 atom stereocenters. The summed E-state index contributed by atoms with van der Waals surface area (Å²) in [6, 6.07) is 22.8. The van der Waals surface area contributed by atoms with E-state index >= 15 is 0 Å². The second-order valence-corrected chi connectivity index (χ2v) is 8.25. The number of thioether (sulfide) groups is 1. The van der Waals surface area contributed by atoms with E-state index in [1.54, 1.807) is 0 Å². The Morgan fingerprint density at radius 3 is 2.61 bits per heavy atom. The summed E-state index contributed by atoms with van der Waals surface area (Å²) in [4.78, 5) is 17.4. The molecular formula is C23H16N4O2S2. The van der Waals surface area contributed by atoms with Crippen molar-refractivity contribution in [3.63, 3.8) is 0 Å². The van der Waals surface area contributed by atoms with Crippen molar-refractivity contribution in [2.24, 2.45) is 0 Å². The number of carbonyl (C=O) groups excluding carboxylic acids is 1. The predicted molar refractivity (Wildman–Crippen MR) is 123 cm³/mol. The van der Waals surface area contributed by atoms with Crippen LogP contribution < -0.4 is 5.32 Å². The number of anilines is 1. The third-order valence-corrected chi connectivity index (χ3v) is 6.07. The minimum Gasteiger partial charge on any atom is -0.431 e. The van der Waals surface area contributed by atoms with Gasteiger partial charge in [-0.15, -0.1) is 5.10 Å². The zero-order chi connectivity index (χ0) is 21.0. The van der Waals surface area contributed by atoms with Crippen LogP contribution in [0.15, 0.2) is 87.8 Å². The molecule has 152 valence electrons. The summed E-state index contributed by atoms with van der Waals surface area (Å²) in [5.74, 6) is 0.420. The second-order valence-electron chi connectivity index (χ2n) is 6.71. The van der Waals surface area contributed by atoms with Crippen LogP contribution in [0.2, 0.25) is 0 Å². The van der Waals surface area contributed by atoms with Crippen molar-refractivity contribution in [1.29, 1.82) is 0 Å². The number of amides is 1. The summed E-state index contributed by atoms with van der Waals surface area (Å²) in [7, 11) is 0. The summed E-state index contributed by atoms with van der Waals surface area (Å²) in [5.41, 5.74) is 5.63. The van der Waals surface area contributed by atoms with Crippen molar-refractivity contribution in [2.75, 3.05) is 5.32 Å². The monoisotopic (exact) mass is 444 g/mol. The Morgan fingerprint density at radius 1 is 1.00 bits per heavy atom. The van der Waals surface area contributed by atoms with Gasteiger partial charge in [-0.3, -0.25) is 4.79 Å². The SMILES string of the molecule is O=C(Nc1ccc(-c2csnn2)cc1)c1ccccc1CSc1nc2ccccc2o1. The van der Waals surface area contributed by atoms with Crippen molar-refractivity contribution in [3.8, 4) is 11.3 Å². The summed E-state index contributed by atoms with van der Waals surface area (Å²) in [5, 5.41) is 9.51. The molecule has 0 radical (unpaired) electrons. The summed E-state index contributed by atoms with van der Waals surface area (Å²) in [6.45, 7) is 0. The third-order valence-electron chi connectivity index (χ3n) is 4.69. The van der Waals surface area contributed by atoms with E-state index in [4.69, 9.17) is 4.42 Å². The number of hydrogen-bond acceptors (Lipinski definition) is 7. The maximum absolute atomic E-state index is 12.9. The third kappa shape index (κ3) is 4.35. The van der Waals surface area contributed by atoms with Crippen molar-refractivity contribution in [1.82, 2.24) is 14.6 Å². The standard InChI is InChI=1S/C23H16N4O2S2/c28-22(24-17-11-9-15(10-12-17)20-14-31-27-26-20)18-6-2-1-5-16(18)13-30-23-25-19-7-3-4-8-21(19)29-23/h1-12,14H,13H2,(H,24,28). The van der Waals surface area contributed by atoms with Gasteiger partial charge in [0.1, 0.15) is 11.2 Å². The molecule has 2 heterocycles. The first-order chi connectivity index (χ1) is 15.3. The molecule has 0 fully saturated rings. The molecule has 8 heteroatoms. The Bertz CT molecular complexity index is 1300. The van der Waals surface area contributed by atoms with Gasteiger partial charge < -0.3 is 9.73 Å². The van der Waals surface area contributed by atoms with Crippen LogP contribution in [0.3, 0.4) is 0 Å². The topological polar surface area (TPSA) is 80.9 Å². The van der Waals surface area contributed by atoms with Crippen LogP contribution in [0, 0.1) is 0 Å². The van der Waals surface area contributed by atoms with E-state index in [0.29, 0.717) is 16.5 Å². The number of fused-ring (bicyclic) bond motifs is 1. The molecule has 31 heavy (non-hydrogen) atoms. The Kier molecular flexibility index (Phi) is 5.47. The molecule has 1 N–H and O–H groups in total. The highest BCUT2D eigenvalue weighted by atomic mass is 32.2. The van der Waals surface area contributed by atoms with E-state index in [9.17, 15) is 4.79 Å². The normalized spacial score (nSPS) is 11.0. The van der Waals surface area contributed by atoms with Gasteiger partial charge in [-0.2, -0.15) is 0 Å². The molecule has 2 aromatic heterocycles. The van der Waals surface area contributed by atoms with Crippen LogP contribution in [-0.4, -0.2) is 20.5 Å². The molecule has 0 unspecified atom stereocenters. The highest BCUT2D eigenvalue weighted by Crippen LogP contribution is 2.28. The van der Waals surface area contributed by atoms with E-state index in [1.807, 2.05) is 78.2 Å². The number of oxazole rings is 1. The van der Waals surface area contributed by atoms with Crippen molar-refractivity contribution in [3.05, 3.63) is 89.3 Å². The first-order valence-corrected chi connectivity index (χ1v) is 11.3. The lowest BCUT2D eigenvalue weighted by Gasteiger charge is -2.10. The number of aromatic nitrogens is 3. The number of hydrogen-bond donors (Lipinski definition) is 1. The van der Waals surface area contributed by atoms with Gasteiger partial charge in [0.2, 0.25) is 0 Å². The molecule has 5 aromatic rings. The molecule has 0 aliphatic carbocycles. The minimum absolute atomic E-state index is 0.156. The van der Waals surface area contributed by atoms with E-state index in [1.165, 1.54) is 23.3 Å². The van der Waals surface area contributed by atoms with Gasteiger partial charge in [0.25, 0.3) is 11.1 Å². The zero-order valence-corrected chi connectivity index (χ0v) is 17.8. The van der Waals surface area contributed by atoms with Crippen molar-refractivity contribution in [2.45, 2.75) is 11.0 Å². The number of carbonyl (C=O) groups is 1. The average molecular weight is 445 g/mol. The lowest BCUT2D eigenvalue weighted by atomic mass is 10.1. The molecule has 0 spiro atoms. The number of nitrogens with zero attached hydrogens (tertiary/aromatic N) is 3. The highest BCUT2D eigenvalue weighted by Gasteiger charge is 2.13. The Balaban J connectivity index is 1.29. The van der Waals surface area contributed by atoms with Gasteiger partial charge >= 0.3 is 0 Å². The summed E-state index contributed by atoms with van der Waals surface area (Å²) in [6.07, 6.45) is 0. The van der Waals surface area contributed by atoms with Crippen LogP contribution >= 0.6 is 23.3 Å². The lowest BCUT2D eigenvalue weighted by molar-refractivity contribution is 0.102. The fourth-order valence-electron chi connectivity index (χ4n) is 3.13. The van der Waals surface area contributed by atoms with Gasteiger partial charge in [-0.05, 0) is 47.4 Å². The van der Waals surface area contributed by atoms with Crippen LogP contribution in [0.1, 0.15) is 15.9 Å². The molecule has 0 aliphatic heterocycles. The molecule has 0 bridgehead atoms. The molecule has 6 nitrogen and oxygen atoms in total. The van der Waals surface area contributed by atoms with Gasteiger partial charge in [0.15, 0.2) is 5.58 Å². The first kappa shape index (κ1) is 19.5. The number of nitrogens with one attached hydrogen (secondary N) is 1. The number of rotatable bonds is 6. The van der Waals surface area contributed by atoms with Crippen molar-refractivity contribution < 1.29 is 9.21 Å². The minimum atomic E-state index is -0.156. The Morgan fingerprint density at radius 2 is 1.81 bits per heavy atom. The fourth-order valence-corrected chi connectivity index (χ4v) is 4.44. The van der Waals surface area contributed by atoms with Crippen molar-refractivity contribution >= 4 is 46.0 Å². The highest BCUT2D eigenvalue weighted by molar-refractivity contribution is 7.98. The molecule has 3 aromatic carbocycles. The molecular weight excluding hydrogens is 428 g/mol. The summed E-state index contributed by atoms with van der Waals surface area (Å²) < 4.78 is 9.65. The smallest absolute Gasteiger partial charge is 0.257 e. The lowest BCUT2D eigenvalue weighted by Crippen LogP contribution is -2.14. The van der Waals surface area contributed by atoms with Gasteiger partial charge in [0.05, 0.1) is 0 Å². The van der Waals surface area contributed by atoms with Crippen LogP contribution in [-0.2, 0) is 5.75 Å². The zero-order valence-electron chi connectivity index (χ0n) is 16.2. The molecule has 5 rings (SSSR count). The summed E-state index contributed by atoms with van der Waals surface area (Å²) >= 11 is 2.78. The predicted octanol–water partition coefficient (Wildman–Crippen LogP) is 5.89. The van der Waals surface area contributed by atoms with Crippen LogP contribution in [0.5, 0.6) is 0 Å². The Labute approximate surface area is 186 Å². The van der Waals surface area contributed by atoms with Crippen LogP contribution in [0.25, 0.3) is 22.4 Å². The van der Waals surface area contributed by atoms with E-state index in [2.05, 4.69) is 19.9 Å². The number of benzene rings is 3. The van der Waals surface area contributed by atoms with Gasteiger partial charge in [-0.1, -0.05) is 58.7 Å². The number of para-hydroxylation sites is 2. The molecule has 1 amide bonds. The van der Waals surface area contributed by atoms with E-state index < -0.39 is 0 Å². The maximum atomic E-state index is 12.9. The average Bonchev–Trinajstić information content (AvgIpc) is 3.48. The van der Waals surface area contributed by atoms with E-state index in [-0.39, 0.29) is 5.91 Å².